The van der Waals surface area contributed by atoms with E-state index in [0.717, 1.165) is 37.0 Å². The molecule has 132 valence electrons. The zero-order valence-corrected chi connectivity index (χ0v) is 15.3. The standard InChI is InChI=1S/C21H31NO2/c1-19-11-13-12-24-22-18(13)10-14(19)4-5-15-16(19)6-8-20(2)17(15)7-9-21(20,3)23/h12,14-17,23H,4-11H2,1-3H3/t14-,15-,16-,17-,19-,20+,21-/m0/s1. The Hall–Kier alpha value is -0.830. The van der Waals surface area contributed by atoms with E-state index in [-0.39, 0.29) is 5.41 Å². The van der Waals surface area contributed by atoms with E-state index in [2.05, 4.69) is 25.9 Å². The van der Waals surface area contributed by atoms with Gasteiger partial charge < -0.3 is 9.63 Å². The zero-order chi connectivity index (χ0) is 16.7. The van der Waals surface area contributed by atoms with Crippen LogP contribution in [-0.4, -0.2) is 15.9 Å². The maximum atomic E-state index is 11.0. The van der Waals surface area contributed by atoms with Crippen molar-refractivity contribution < 1.29 is 9.63 Å². The second kappa shape index (κ2) is 4.66. The van der Waals surface area contributed by atoms with Crippen LogP contribution in [0.1, 0.15) is 70.6 Å². The van der Waals surface area contributed by atoms with Crippen LogP contribution in [0.4, 0.5) is 0 Å². The predicted octanol–water partition coefficient (Wildman–Crippen LogP) is 4.38. The van der Waals surface area contributed by atoms with Gasteiger partial charge in [0.05, 0.1) is 11.3 Å². The average molecular weight is 329 g/mol. The fraction of sp³-hybridized carbons (Fsp3) is 0.857. The number of aliphatic hydroxyl groups is 1. The first kappa shape index (κ1) is 15.4. The molecule has 0 spiro atoms. The van der Waals surface area contributed by atoms with Crippen molar-refractivity contribution in [1.29, 1.82) is 0 Å². The molecule has 0 aliphatic heterocycles. The molecule has 3 saturated carbocycles. The van der Waals surface area contributed by atoms with Crippen molar-refractivity contribution >= 4 is 0 Å². The summed E-state index contributed by atoms with van der Waals surface area (Å²) in [5.41, 5.74) is 2.65. The minimum Gasteiger partial charge on any atom is -0.390 e. The van der Waals surface area contributed by atoms with Crippen LogP contribution in [0.25, 0.3) is 0 Å². The molecule has 0 aromatic carbocycles. The lowest BCUT2D eigenvalue weighted by Crippen LogP contribution is -2.56. The summed E-state index contributed by atoms with van der Waals surface area (Å²) in [6.45, 7) is 7.04. The van der Waals surface area contributed by atoms with Gasteiger partial charge in [-0.05, 0) is 92.8 Å². The van der Waals surface area contributed by atoms with Crippen molar-refractivity contribution in [3.05, 3.63) is 17.5 Å². The summed E-state index contributed by atoms with van der Waals surface area (Å²) in [5.74, 6) is 3.10. The molecule has 0 unspecified atom stereocenters. The molecule has 7 atom stereocenters. The van der Waals surface area contributed by atoms with Crippen LogP contribution >= 0.6 is 0 Å². The number of hydrogen-bond donors (Lipinski definition) is 1. The number of aromatic nitrogens is 1. The lowest BCUT2D eigenvalue weighted by molar-refractivity contribution is -0.139. The third-order valence-corrected chi connectivity index (χ3v) is 9.37. The number of fused-ring (bicyclic) bond motifs is 6. The van der Waals surface area contributed by atoms with Gasteiger partial charge in [-0.3, -0.25) is 0 Å². The first-order chi connectivity index (χ1) is 11.4. The van der Waals surface area contributed by atoms with E-state index in [1.165, 1.54) is 43.4 Å². The molecule has 3 heteroatoms. The molecular formula is C21H31NO2. The van der Waals surface area contributed by atoms with Gasteiger partial charge in [-0.1, -0.05) is 19.0 Å². The maximum Gasteiger partial charge on any atom is 0.127 e. The first-order valence-corrected chi connectivity index (χ1v) is 10.00. The molecule has 5 rings (SSSR count). The minimum absolute atomic E-state index is 0.133. The Bertz CT molecular complexity index is 665. The van der Waals surface area contributed by atoms with E-state index in [0.29, 0.717) is 11.3 Å². The van der Waals surface area contributed by atoms with Gasteiger partial charge in [0, 0.05) is 5.56 Å². The Morgan fingerprint density at radius 2 is 1.88 bits per heavy atom. The van der Waals surface area contributed by atoms with Gasteiger partial charge in [0.25, 0.3) is 0 Å². The highest BCUT2D eigenvalue weighted by atomic mass is 16.5. The van der Waals surface area contributed by atoms with Crippen LogP contribution < -0.4 is 0 Å². The van der Waals surface area contributed by atoms with Gasteiger partial charge in [0.2, 0.25) is 0 Å². The van der Waals surface area contributed by atoms with Crippen LogP contribution in [0, 0.1) is 34.5 Å². The second-order valence-corrected chi connectivity index (χ2v) is 10.1. The number of nitrogens with zero attached hydrogens (tertiary/aromatic N) is 1. The second-order valence-electron chi connectivity index (χ2n) is 10.1. The summed E-state index contributed by atoms with van der Waals surface area (Å²) in [6.07, 6.45) is 11.6. The summed E-state index contributed by atoms with van der Waals surface area (Å²) in [6, 6.07) is 0. The predicted molar refractivity (Wildman–Crippen MR) is 92.4 cm³/mol. The number of rotatable bonds is 0. The largest absolute Gasteiger partial charge is 0.390 e. The van der Waals surface area contributed by atoms with E-state index in [1.54, 1.807) is 0 Å². The van der Waals surface area contributed by atoms with Crippen molar-refractivity contribution in [2.24, 2.45) is 34.5 Å². The molecule has 24 heavy (non-hydrogen) atoms. The van der Waals surface area contributed by atoms with E-state index in [1.807, 2.05) is 6.26 Å². The van der Waals surface area contributed by atoms with Crippen LogP contribution in [0.15, 0.2) is 10.8 Å². The number of hydrogen-bond acceptors (Lipinski definition) is 3. The molecule has 1 aromatic heterocycles. The maximum absolute atomic E-state index is 11.0. The topological polar surface area (TPSA) is 46.3 Å². The highest BCUT2D eigenvalue weighted by molar-refractivity contribution is 5.25. The Labute approximate surface area is 145 Å². The fourth-order valence-corrected chi connectivity index (χ4v) is 7.63. The summed E-state index contributed by atoms with van der Waals surface area (Å²) in [4.78, 5) is 0. The van der Waals surface area contributed by atoms with Crippen LogP contribution in [0.3, 0.4) is 0 Å². The summed E-state index contributed by atoms with van der Waals surface area (Å²) in [7, 11) is 0. The van der Waals surface area contributed by atoms with Crippen molar-refractivity contribution in [2.75, 3.05) is 0 Å². The Morgan fingerprint density at radius 1 is 1.08 bits per heavy atom. The van der Waals surface area contributed by atoms with Crippen LogP contribution in [0.5, 0.6) is 0 Å². The highest BCUT2D eigenvalue weighted by Gasteiger charge is 2.63. The minimum atomic E-state index is -0.464. The normalized spacial score (nSPS) is 53.0. The third kappa shape index (κ3) is 1.75. The molecule has 3 fully saturated rings. The fourth-order valence-electron chi connectivity index (χ4n) is 7.63. The van der Waals surface area contributed by atoms with Crippen molar-refractivity contribution in [2.45, 2.75) is 77.7 Å². The molecule has 0 radical (unpaired) electrons. The van der Waals surface area contributed by atoms with Crippen LogP contribution in [-0.2, 0) is 12.8 Å². The molecule has 0 bridgehead atoms. The van der Waals surface area contributed by atoms with Crippen LogP contribution in [0.2, 0.25) is 0 Å². The van der Waals surface area contributed by atoms with Gasteiger partial charge >= 0.3 is 0 Å². The molecule has 0 saturated heterocycles. The third-order valence-electron chi connectivity index (χ3n) is 9.37. The SMILES string of the molecule is C[C@]12Cc3conc3C[C@@H]1CC[C@H]1[C@@H]2CC[C@]2(C)[C@H]1CC[C@]2(C)O. The highest BCUT2D eigenvalue weighted by Crippen LogP contribution is 2.67. The molecule has 4 aliphatic rings. The smallest absolute Gasteiger partial charge is 0.127 e. The molecule has 1 aromatic rings. The molecule has 1 heterocycles. The summed E-state index contributed by atoms with van der Waals surface area (Å²) < 4.78 is 5.28. The molecule has 1 N–H and O–H groups in total. The molecule has 3 nitrogen and oxygen atoms in total. The average Bonchev–Trinajstić information content (AvgIpc) is 3.06. The Morgan fingerprint density at radius 3 is 2.71 bits per heavy atom. The van der Waals surface area contributed by atoms with Gasteiger partial charge in [-0.15, -0.1) is 0 Å². The van der Waals surface area contributed by atoms with Crippen molar-refractivity contribution in [3.8, 4) is 0 Å². The monoisotopic (exact) mass is 329 g/mol. The molecule has 4 aliphatic carbocycles. The van der Waals surface area contributed by atoms with Gasteiger partial charge in [-0.2, -0.15) is 0 Å². The summed E-state index contributed by atoms with van der Waals surface area (Å²) >= 11 is 0. The van der Waals surface area contributed by atoms with Gasteiger partial charge in [-0.25, -0.2) is 0 Å². The Kier molecular flexibility index (Phi) is 3.00. The lowest BCUT2D eigenvalue weighted by atomic mass is 9.44. The zero-order valence-electron chi connectivity index (χ0n) is 15.3. The van der Waals surface area contributed by atoms with E-state index < -0.39 is 5.60 Å². The summed E-state index contributed by atoms with van der Waals surface area (Å²) in [5, 5.41) is 15.3. The van der Waals surface area contributed by atoms with Gasteiger partial charge in [0.1, 0.15) is 6.26 Å². The van der Waals surface area contributed by atoms with Crippen molar-refractivity contribution in [1.82, 2.24) is 5.16 Å². The molecular weight excluding hydrogens is 298 g/mol. The first-order valence-electron chi connectivity index (χ1n) is 10.00. The van der Waals surface area contributed by atoms with E-state index >= 15 is 0 Å². The molecule has 0 amide bonds. The van der Waals surface area contributed by atoms with Gasteiger partial charge in [0.15, 0.2) is 0 Å². The Balaban J connectivity index is 1.50. The van der Waals surface area contributed by atoms with E-state index in [9.17, 15) is 5.11 Å². The van der Waals surface area contributed by atoms with E-state index in [4.69, 9.17) is 4.52 Å². The quantitative estimate of drug-likeness (QED) is 0.768. The van der Waals surface area contributed by atoms with Crippen molar-refractivity contribution in [3.63, 3.8) is 0 Å². The lowest BCUT2D eigenvalue weighted by Gasteiger charge is -2.60.